The van der Waals surface area contributed by atoms with Crippen LogP contribution in [0.5, 0.6) is 0 Å². The zero-order chi connectivity index (χ0) is 24.3. The van der Waals surface area contributed by atoms with E-state index in [-0.39, 0.29) is 0 Å². The molecule has 0 aromatic heterocycles. The van der Waals surface area contributed by atoms with Crippen molar-refractivity contribution in [2.24, 2.45) is 0 Å². The van der Waals surface area contributed by atoms with E-state index < -0.39 is 0 Å². The maximum Gasteiger partial charge on any atom is 0.0234 e. The minimum Gasteiger partial charge on any atom is -0.304 e. The second-order valence-corrected chi connectivity index (χ2v) is 9.35. The van der Waals surface area contributed by atoms with Crippen LogP contribution in [0.1, 0.15) is 25.0 Å². The second kappa shape index (κ2) is 19.0. The number of rotatable bonds is 4. The van der Waals surface area contributed by atoms with Gasteiger partial charge in [-0.2, -0.15) is 11.8 Å². The molecule has 2 aliphatic rings. The van der Waals surface area contributed by atoms with Gasteiger partial charge in [0.2, 0.25) is 0 Å². The molecule has 33 heavy (non-hydrogen) atoms. The Morgan fingerprint density at radius 2 is 0.818 bits per heavy atom. The van der Waals surface area contributed by atoms with Crippen molar-refractivity contribution < 1.29 is 0 Å². The average Bonchev–Trinajstić information content (AvgIpc) is 2.86. The number of hydrogen-bond acceptors (Lipinski definition) is 5. The SMILES string of the molecule is CC.CN1CCN(Cc2ccccc2)CC1.CN1CCN(Cc2ccccc2)CC1.CSC. The number of piperazine rings is 2. The average molecular weight is 473 g/mol. The molecule has 2 saturated heterocycles. The molecule has 4 rings (SSSR count). The van der Waals surface area contributed by atoms with E-state index in [4.69, 9.17) is 0 Å². The van der Waals surface area contributed by atoms with Crippen LogP contribution in [-0.4, -0.2) is 98.6 Å². The van der Waals surface area contributed by atoms with E-state index in [1.54, 1.807) is 11.8 Å². The Morgan fingerprint density at radius 1 is 0.545 bits per heavy atom. The second-order valence-electron chi connectivity index (χ2n) is 8.54. The van der Waals surface area contributed by atoms with Crippen molar-refractivity contribution in [2.75, 3.05) is 79.0 Å². The Balaban J connectivity index is 0.000000277. The summed E-state index contributed by atoms with van der Waals surface area (Å²) in [5.41, 5.74) is 2.86. The van der Waals surface area contributed by atoms with Gasteiger partial charge in [0.05, 0.1) is 0 Å². The van der Waals surface area contributed by atoms with Gasteiger partial charge in [0, 0.05) is 65.4 Å². The fourth-order valence-corrected chi connectivity index (χ4v) is 3.70. The standard InChI is InChI=1S/2C12H18N2.C2H6S.C2H6/c2*1-13-7-9-14(10-8-13)11-12-5-3-2-4-6-12;1-3-2;1-2/h2*2-6H,7-11H2,1H3;1-2H3;1-2H3. The molecule has 2 fully saturated rings. The number of nitrogens with zero attached hydrogens (tertiary/aromatic N) is 4. The van der Waals surface area contributed by atoms with Crippen LogP contribution in [0, 0.1) is 0 Å². The minimum absolute atomic E-state index is 1.11. The zero-order valence-corrected chi connectivity index (χ0v) is 22.9. The van der Waals surface area contributed by atoms with Crippen LogP contribution in [0.15, 0.2) is 60.7 Å². The Bertz CT molecular complexity index is 607. The van der Waals surface area contributed by atoms with E-state index in [2.05, 4.69) is 94.4 Å². The lowest BCUT2D eigenvalue weighted by atomic mass is 10.2. The van der Waals surface area contributed by atoms with Crippen LogP contribution in [0.4, 0.5) is 0 Å². The topological polar surface area (TPSA) is 13.0 Å². The fourth-order valence-electron chi connectivity index (χ4n) is 3.70. The summed E-state index contributed by atoms with van der Waals surface area (Å²) in [6.45, 7) is 15.8. The minimum atomic E-state index is 1.11. The molecule has 0 spiro atoms. The predicted molar refractivity (Wildman–Crippen MR) is 149 cm³/mol. The van der Waals surface area contributed by atoms with Crippen LogP contribution in [0.2, 0.25) is 0 Å². The molecule has 0 radical (unpaired) electrons. The number of likely N-dealkylation sites (N-methyl/N-ethyl adjacent to an activating group) is 2. The highest BCUT2D eigenvalue weighted by Gasteiger charge is 2.14. The maximum atomic E-state index is 2.52. The highest BCUT2D eigenvalue weighted by Crippen LogP contribution is 2.08. The summed E-state index contributed by atoms with van der Waals surface area (Å²) in [6, 6.07) is 21.4. The van der Waals surface area contributed by atoms with Gasteiger partial charge in [-0.15, -0.1) is 0 Å². The Morgan fingerprint density at radius 3 is 1.09 bits per heavy atom. The molecule has 2 heterocycles. The zero-order valence-electron chi connectivity index (χ0n) is 22.0. The third-order valence-corrected chi connectivity index (χ3v) is 5.69. The van der Waals surface area contributed by atoms with Crippen LogP contribution in [0.3, 0.4) is 0 Å². The van der Waals surface area contributed by atoms with Crippen LogP contribution < -0.4 is 0 Å². The summed E-state index contributed by atoms with van der Waals surface area (Å²) in [7, 11) is 4.39. The molecular formula is C28H48N4S. The van der Waals surface area contributed by atoms with Crippen molar-refractivity contribution in [2.45, 2.75) is 26.9 Å². The molecular weight excluding hydrogens is 424 g/mol. The highest BCUT2D eigenvalue weighted by molar-refractivity contribution is 7.97. The predicted octanol–water partition coefficient (Wildman–Crippen LogP) is 4.87. The summed E-state index contributed by atoms with van der Waals surface area (Å²) >= 11 is 1.75. The van der Waals surface area contributed by atoms with Gasteiger partial charge in [-0.25, -0.2) is 0 Å². The first kappa shape index (κ1) is 29.7. The lowest BCUT2D eigenvalue weighted by Crippen LogP contribution is -2.43. The summed E-state index contributed by atoms with van der Waals surface area (Å²) in [6.07, 6.45) is 4.08. The lowest BCUT2D eigenvalue weighted by Gasteiger charge is -2.32. The molecule has 2 aromatic rings. The van der Waals surface area contributed by atoms with Gasteiger partial charge in [-0.1, -0.05) is 74.5 Å². The molecule has 0 saturated carbocycles. The third-order valence-electron chi connectivity index (χ3n) is 5.69. The molecule has 0 N–H and O–H groups in total. The highest BCUT2D eigenvalue weighted by atomic mass is 32.2. The van der Waals surface area contributed by atoms with E-state index in [0.717, 1.165) is 13.1 Å². The van der Waals surface area contributed by atoms with Crippen molar-refractivity contribution in [3.05, 3.63) is 71.8 Å². The van der Waals surface area contributed by atoms with Gasteiger partial charge in [0.1, 0.15) is 0 Å². The molecule has 0 unspecified atom stereocenters. The van der Waals surface area contributed by atoms with Gasteiger partial charge >= 0.3 is 0 Å². The largest absolute Gasteiger partial charge is 0.304 e. The normalized spacial score (nSPS) is 17.5. The number of thioether (sulfide) groups is 1. The molecule has 0 aliphatic carbocycles. The van der Waals surface area contributed by atoms with Crippen LogP contribution in [0.25, 0.3) is 0 Å². The molecule has 2 aliphatic heterocycles. The monoisotopic (exact) mass is 472 g/mol. The first-order chi connectivity index (χ1) is 16.1. The van der Waals surface area contributed by atoms with Gasteiger partial charge in [0.15, 0.2) is 0 Å². The van der Waals surface area contributed by atoms with E-state index in [0.29, 0.717) is 0 Å². The number of hydrogen-bond donors (Lipinski definition) is 0. The summed E-state index contributed by atoms with van der Waals surface area (Å²) < 4.78 is 0. The number of benzene rings is 2. The van der Waals surface area contributed by atoms with Crippen molar-refractivity contribution >= 4 is 11.8 Å². The van der Waals surface area contributed by atoms with Gasteiger partial charge in [-0.3, -0.25) is 9.80 Å². The maximum absolute atomic E-state index is 2.52. The molecule has 0 bridgehead atoms. The molecule has 4 nitrogen and oxygen atoms in total. The van der Waals surface area contributed by atoms with Crippen molar-refractivity contribution in [1.29, 1.82) is 0 Å². The summed E-state index contributed by atoms with van der Waals surface area (Å²) in [4.78, 5) is 9.83. The molecule has 186 valence electrons. The van der Waals surface area contributed by atoms with Crippen LogP contribution in [-0.2, 0) is 13.1 Å². The van der Waals surface area contributed by atoms with E-state index in [1.165, 1.54) is 63.5 Å². The quantitative estimate of drug-likeness (QED) is 0.627. The van der Waals surface area contributed by atoms with Crippen molar-refractivity contribution in [1.82, 2.24) is 19.6 Å². The van der Waals surface area contributed by atoms with E-state index in [9.17, 15) is 0 Å². The Hall–Kier alpha value is -1.37. The first-order valence-electron chi connectivity index (χ1n) is 12.4. The third kappa shape index (κ3) is 13.8. The van der Waals surface area contributed by atoms with Crippen molar-refractivity contribution in [3.63, 3.8) is 0 Å². The molecule has 2 aromatic carbocycles. The molecule has 5 heteroatoms. The van der Waals surface area contributed by atoms with E-state index >= 15 is 0 Å². The fraction of sp³-hybridized carbons (Fsp3) is 0.571. The van der Waals surface area contributed by atoms with Gasteiger partial charge < -0.3 is 9.80 Å². The van der Waals surface area contributed by atoms with Crippen molar-refractivity contribution in [3.8, 4) is 0 Å². The Kier molecular flexibility index (Phi) is 17.1. The first-order valence-corrected chi connectivity index (χ1v) is 14.0. The summed E-state index contributed by atoms with van der Waals surface area (Å²) in [5, 5.41) is 0. The van der Waals surface area contributed by atoms with Gasteiger partial charge in [0.25, 0.3) is 0 Å². The summed E-state index contributed by atoms with van der Waals surface area (Å²) in [5.74, 6) is 0. The van der Waals surface area contributed by atoms with Crippen LogP contribution >= 0.6 is 11.8 Å². The lowest BCUT2D eigenvalue weighted by molar-refractivity contribution is 0.148. The Labute approximate surface area is 208 Å². The molecule has 0 amide bonds. The molecule has 0 atom stereocenters. The van der Waals surface area contributed by atoms with Gasteiger partial charge in [-0.05, 0) is 37.7 Å². The smallest absolute Gasteiger partial charge is 0.0234 e. The van der Waals surface area contributed by atoms with E-state index in [1.807, 2.05) is 26.4 Å².